The third-order valence-corrected chi connectivity index (χ3v) is 11.1. The Balaban J connectivity index is 0.698. The average Bonchev–Trinajstić information content (AvgIpc) is 4.07. The largest absolute Gasteiger partial charge is 0.449 e. The maximum atomic E-state index is 12.5. The van der Waals surface area contributed by atoms with E-state index in [9.17, 15) is 28.8 Å². The number of hydrogen-bond acceptors (Lipinski definition) is 18. The predicted octanol–water partition coefficient (Wildman–Crippen LogP) is 0.182. The van der Waals surface area contributed by atoms with Crippen molar-refractivity contribution in [3.05, 3.63) is 59.7 Å². The molecule has 5 rings (SSSR count). The van der Waals surface area contributed by atoms with Crippen LogP contribution in [-0.4, -0.2) is 217 Å². The molecule has 2 aromatic rings. The van der Waals surface area contributed by atoms with Crippen molar-refractivity contribution in [2.75, 3.05) is 152 Å². The molecule has 2 heterocycles. The van der Waals surface area contributed by atoms with E-state index in [0.717, 1.165) is 0 Å². The molecule has 2 fully saturated rings. The molecule has 1 aliphatic carbocycles. The molecular weight excluding hydrogens is 973 g/mol. The van der Waals surface area contributed by atoms with Crippen LogP contribution in [0.1, 0.15) is 37.8 Å². The van der Waals surface area contributed by atoms with Crippen molar-refractivity contribution < 1.29 is 85.6 Å². The zero-order valence-electron chi connectivity index (χ0n) is 42.6. The fourth-order valence-electron chi connectivity index (χ4n) is 7.76. The minimum Gasteiger partial charge on any atom is -0.449 e. The van der Waals surface area contributed by atoms with Gasteiger partial charge in [0.25, 0.3) is 0 Å². The Labute approximate surface area is 431 Å². The van der Waals surface area contributed by atoms with Crippen molar-refractivity contribution in [1.82, 2.24) is 31.9 Å². The van der Waals surface area contributed by atoms with E-state index in [-0.39, 0.29) is 58.6 Å². The highest BCUT2D eigenvalue weighted by molar-refractivity contribution is 5.90. The van der Waals surface area contributed by atoms with Gasteiger partial charge in [0.2, 0.25) is 23.6 Å². The highest BCUT2D eigenvalue weighted by Gasteiger charge is 2.49. The lowest BCUT2D eigenvalue weighted by atomic mass is 9.98. The van der Waals surface area contributed by atoms with Crippen LogP contribution in [0.4, 0.5) is 9.59 Å². The summed E-state index contributed by atoms with van der Waals surface area (Å²) in [4.78, 5) is 73.2. The average molecular weight is 1050 g/mol. The van der Waals surface area contributed by atoms with Gasteiger partial charge in [-0.05, 0) is 43.0 Å². The molecular formula is C50H74N6O18. The summed E-state index contributed by atoms with van der Waals surface area (Å²) < 4.78 is 66.0. The van der Waals surface area contributed by atoms with Crippen LogP contribution in [0.5, 0.6) is 0 Å². The molecule has 0 bridgehead atoms. The number of fused-ring (bicyclic) bond motifs is 4. The first-order valence-corrected chi connectivity index (χ1v) is 24.9. The minimum atomic E-state index is -0.662. The molecule has 0 unspecified atom stereocenters. The number of ether oxygens (including phenoxy) is 12. The van der Waals surface area contributed by atoms with Crippen LogP contribution in [0.2, 0.25) is 0 Å². The Hall–Kier alpha value is -5.54. The van der Waals surface area contributed by atoms with Gasteiger partial charge in [-0.1, -0.05) is 48.5 Å². The van der Waals surface area contributed by atoms with Crippen LogP contribution in [0, 0.1) is 0 Å². The summed E-state index contributed by atoms with van der Waals surface area (Å²) in [5.74, 6) is -2.23. The van der Waals surface area contributed by atoms with E-state index in [4.69, 9.17) is 56.8 Å². The first kappa shape index (κ1) is 59.3. The number of rotatable bonds is 36. The van der Waals surface area contributed by atoms with Crippen molar-refractivity contribution in [2.24, 2.45) is 0 Å². The number of nitrogens with one attached hydrogen (secondary N) is 6. The minimum absolute atomic E-state index is 0.0143. The van der Waals surface area contributed by atoms with Gasteiger partial charge in [0.1, 0.15) is 31.0 Å². The van der Waals surface area contributed by atoms with E-state index in [1.54, 1.807) is 20.8 Å². The molecule has 2 aliphatic heterocycles. The topological polar surface area (TPSA) is 285 Å². The number of alkyl carbamates (subject to hydrolysis) is 2. The van der Waals surface area contributed by atoms with Crippen molar-refractivity contribution in [2.45, 2.75) is 56.6 Å². The molecule has 2 aromatic carbocycles. The van der Waals surface area contributed by atoms with E-state index < -0.39 is 72.3 Å². The quantitative estimate of drug-likeness (QED) is 0.0497. The zero-order chi connectivity index (χ0) is 52.8. The molecule has 2 saturated heterocycles. The molecule has 0 aromatic heterocycles. The molecule has 6 N–H and O–H groups in total. The fourth-order valence-corrected chi connectivity index (χ4v) is 7.76. The predicted molar refractivity (Wildman–Crippen MR) is 263 cm³/mol. The van der Waals surface area contributed by atoms with Crippen molar-refractivity contribution in [3.8, 4) is 11.1 Å². The van der Waals surface area contributed by atoms with E-state index in [1.165, 1.54) is 22.3 Å². The smallest absolute Gasteiger partial charge is 0.408 e. The molecule has 4 atom stereocenters. The summed E-state index contributed by atoms with van der Waals surface area (Å²) in [6, 6.07) is 15.5. The van der Waals surface area contributed by atoms with Gasteiger partial charge in [-0.15, -0.1) is 0 Å². The second-order valence-electron chi connectivity index (χ2n) is 17.9. The lowest BCUT2D eigenvalue weighted by Crippen LogP contribution is -2.50. The zero-order valence-corrected chi connectivity index (χ0v) is 42.6. The van der Waals surface area contributed by atoms with Gasteiger partial charge in [-0.25, -0.2) is 9.59 Å². The molecule has 24 nitrogen and oxygen atoms in total. The van der Waals surface area contributed by atoms with Crippen LogP contribution in [0.15, 0.2) is 48.5 Å². The number of benzene rings is 2. The number of hydrogen-bond donors (Lipinski definition) is 6. The summed E-state index contributed by atoms with van der Waals surface area (Å²) in [5, 5.41) is 15.4. The fraction of sp³-hybridized carbons (Fsp3) is 0.640. The summed E-state index contributed by atoms with van der Waals surface area (Å²) in [7, 11) is 0. The lowest BCUT2D eigenvalue weighted by Gasteiger charge is -2.23. The van der Waals surface area contributed by atoms with E-state index in [0.29, 0.717) is 92.4 Å². The first-order chi connectivity index (χ1) is 35.9. The molecule has 412 valence electrons. The highest BCUT2D eigenvalue weighted by atomic mass is 16.6. The summed E-state index contributed by atoms with van der Waals surface area (Å²) in [6.07, 6.45) is -2.03. The molecule has 24 heteroatoms. The Morgan fingerprint density at radius 3 is 1.36 bits per heavy atom. The normalized spacial score (nSPS) is 17.7. The summed E-state index contributed by atoms with van der Waals surface area (Å²) in [6.45, 7) is 10.3. The second kappa shape index (κ2) is 33.4. The van der Waals surface area contributed by atoms with Crippen LogP contribution in [0.25, 0.3) is 11.1 Å². The third-order valence-electron chi connectivity index (χ3n) is 11.1. The van der Waals surface area contributed by atoms with Gasteiger partial charge in [-0.3, -0.25) is 19.2 Å². The monoisotopic (exact) mass is 1050 g/mol. The standard InChI is InChI=1S/C50H74N6O18/c1-50(2,3)74-49(62)56-41-33-72-46-40(32-71-47(41)46)55-44(59)30-53-42(57)28-52-43(58)29-54-45(60)34-70-27-26-69-25-24-68-23-22-67-21-20-66-19-18-65-17-16-64-15-14-63-13-12-51-48(61)73-31-39-37-10-6-4-8-35(37)36-9-5-7-11-38(36)39/h4-11,39-41,46-47H,12-34H2,1-3H3,(H,51,61)(H,52,58)(H,53,57)(H,54,60)(H,55,59)(H,56,62)/t40-,41-,46+,47+/m0/s1. The van der Waals surface area contributed by atoms with Gasteiger partial charge in [-0.2, -0.15) is 0 Å². The highest BCUT2D eigenvalue weighted by Crippen LogP contribution is 2.44. The summed E-state index contributed by atoms with van der Waals surface area (Å²) >= 11 is 0. The van der Waals surface area contributed by atoms with Gasteiger partial charge in [0.05, 0.1) is 144 Å². The molecule has 6 amide bonds. The van der Waals surface area contributed by atoms with E-state index in [2.05, 4.69) is 56.2 Å². The third kappa shape index (κ3) is 22.5. The van der Waals surface area contributed by atoms with Gasteiger partial charge in [0.15, 0.2) is 0 Å². The van der Waals surface area contributed by atoms with Crippen LogP contribution in [0.3, 0.4) is 0 Å². The Bertz CT molecular complexity index is 2000. The molecule has 3 aliphatic rings. The molecule has 0 radical (unpaired) electrons. The second-order valence-corrected chi connectivity index (χ2v) is 17.9. The Kier molecular flexibility index (Phi) is 26.8. The molecule has 74 heavy (non-hydrogen) atoms. The Morgan fingerprint density at radius 2 is 0.892 bits per heavy atom. The molecule has 0 spiro atoms. The van der Waals surface area contributed by atoms with Gasteiger partial charge < -0.3 is 88.7 Å². The van der Waals surface area contributed by atoms with Crippen LogP contribution in [-0.2, 0) is 76.0 Å². The van der Waals surface area contributed by atoms with Gasteiger partial charge in [0, 0.05) is 12.5 Å². The number of carbonyl (C=O) groups is 6. The van der Waals surface area contributed by atoms with E-state index in [1.807, 2.05) is 24.3 Å². The SMILES string of the molecule is CC(C)(C)OC(=O)N[C@H]1CO[C@H]2[C@@H]1OC[C@@H]2NC(=O)CNC(=O)CNC(=O)CNC(=O)COCCOCCOCCOCCOCCOCCOCCOCCNC(=O)OCC1c2ccccc2-c2ccccc21. The first-order valence-electron chi connectivity index (χ1n) is 24.9. The van der Waals surface area contributed by atoms with Crippen molar-refractivity contribution >= 4 is 35.8 Å². The Morgan fingerprint density at radius 1 is 0.486 bits per heavy atom. The summed E-state index contributed by atoms with van der Waals surface area (Å²) in [5.41, 5.74) is 4.04. The maximum Gasteiger partial charge on any atom is 0.408 e. The molecule has 0 saturated carbocycles. The number of amides is 6. The van der Waals surface area contributed by atoms with Crippen LogP contribution < -0.4 is 31.9 Å². The van der Waals surface area contributed by atoms with Crippen LogP contribution >= 0.6 is 0 Å². The lowest BCUT2D eigenvalue weighted by molar-refractivity contribution is -0.130. The number of carbonyl (C=O) groups excluding carboxylic acids is 6. The van der Waals surface area contributed by atoms with Crippen molar-refractivity contribution in [1.29, 1.82) is 0 Å². The maximum absolute atomic E-state index is 12.5. The van der Waals surface area contributed by atoms with Crippen molar-refractivity contribution in [3.63, 3.8) is 0 Å². The van der Waals surface area contributed by atoms with Gasteiger partial charge >= 0.3 is 12.2 Å². The van der Waals surface area contributed by atoms with E-state index >= 15 is 0 Å².